The van der Waals surface area contributed by atoms with E-state index >= 15 is 0 Å². The van der Waals surface area contributed by atoms with E-state index < -0.39 is 23.7 Å². The Morgan fingerprint density at radius 1 is 1.50 bits per heavy atom. The topological polar surface area (TPSA) is 75.6 Å². The number of aliphatic carboxylic acids is 1. The first-order valence-corrected chi connectivity index (χ1v) is 6.37. The van der Waals surface area contributed by atoms with E-state index in [-0.39, 0.29) is 17.9 Å². The summed E-state index contributed by atoms with van der Waals surface area (Å²) >= 11 is 0. The smallest absolute Gasteiger partial charge is 0.305 e. The van der Waals surface area contributed by atoms with E-state index in [2.05, 4.69) is 5.32 Å². The van der Waals surface area contributed by atoms with Gasteiger partial charge in [-0.1, -0.05) is 0 Å². The second kappa shape index (κ2) is 5.90. The van der Waals surface area contributed by atoms with Crippen LogP contribution in [0.15, 0.2) is 18.2 Å². The molecule has 0 aromatic heterocycles. The Labute approximate surface area is 115 Å². The Hall–Kier alpha value is -2.11. The Morgan fingerprint density at radius 2 is 2.20 bits per heavy atom. The largest absolute Gasteiger partial charge is 0.497 e. The maximum Gasteiger partial charge on any atom is 0.305 e. The summed E-state index contributed by atoms with van der Waals surface area (Å²) in [6.07, 6.45) is 1.64. The molecule has 0 saturated heterocycles. The monoisotopic (exact) mass is 281 g/mol. The van der Waals surface area contributed by atoms with Gasteiger partial charge >= 0.3 is 5.97 Å². The van der Waals surface area contributed by atoms with Crippen molar-refractivity contribution >= 4 is 11.9 Å². The average molecular weight is 281 g/mol. The first-order chi connectivity index (χ1) is 9.51. The molecule has 0 aliphatic heterocycles. The fourth-order valence-electron chi connectivity index (χ4n) is 2.08. The Morgan fingerprint density at radius 3 is 2.70 bits per heavy atom. The number of halogens is 1. The van der Waals surface area contributed by atoms with Crippen LogP contribution in [0.3, 0.4) is 0 Å². The van der Waals surface area contributed by atoms with Gasteiger partial charge < -0.3 is 15.2 Å². The highest BCUT2D eigenvalue weighted by molar-refractivity contribution is 5.95. The molecule has 2 rings (SSSR count). The highest BCUT2D eigenvalue weighted by Gasteiger charge is 2.34. The molecule has 6 heteroatoms. The number of carbonyl (C=O) groups excluding carboxylic acids is 1. The molecule has 1 unspecified atom stereocenters. The molecule has 108 valence electrons. The number of carbonyl (C=O) groups is 2. The minimum Gasteiger partial charge on any atom is -0.497 e. The number of methoxy groups -OCH3 is 1. The van der Waals surface area contributed by atoms with Crippen LogP contribution in [0.1, 0.15) is 29.6 Å². The van der Waals surface area contributed by atoms with Crippen LogP contribution in [0.2, 0.25) is 0 Å². The molecule has 1 atom stereocenters. The molecule has 1 aromatic rings. The van der Waals surface area contributed by atoms with Crippen LogP contribution in [0.5, 0.6) is 5.75 Å². The minimum absolute atomic E-state index is 0.109. The van der Waals surface area contributed by atoms with Gasteiger partial charge in [-0.15, -0.1) is 0 Å². The molecule has 0 bridgehead atoms. The third-order valence-electron chi connectivity index (χ3n) is 3.32. The van der Waals surface area contributed by atoms with Crippen LogP contribution >= 0.6 is 0 Å². The van der Waals surface area contributed by atoms with E-state index in [1.165, 1.54) is 19.2 Å². The third-order valence-corrected chi connectivity index (χ3v) is 3.32. The molecule has 1 fully saturated rings. The van der Waals surface area contributed by atoms with Crippen molar-refractivity contribution in [3.63, 3.8) is 0 Å². The third kappa shape index (κ3) is 3.46. The van der Waals surface area contributed by atoms with Gasteiger partial charge in [0.1, 0.15) is 11.6 Å². The fraction of sp³-hybridized carbons (Fsp3) is 0.429. The molecule has 5 nitrogen and oxygen atoms in total. The molecule has 1 saturated carbocycles. The molecular formula is C14H16FNO4. The van der Waals surface area contributed by atoms with E-state index in [9.17, 15) is 14.0 Å². The lowest BCUT2D eigenvalue weighted by atomic mass is 10.1. The molecular weight excluding hydrogens is 265 g/mol. The second-order valence-corrected chi connectivity index (χ2v) is 4.86. The lowest BCUT2D eigenvalue weighted by Crippen LogP contribution is -2.38. The van der Waals surface area contributed by atoms with Crippen molar-refractivity contribution in [1.29, 1.82) is 0 Å². The van der Waals surface area contributed by atoms with E-state index in [1.54, 1.807) is 0 Å². The van der Waals surface area contributed by atoms with Crippen LogP contribution in [-0.2, 0) is 4.79 Å². The zero-order valence-corrected chi connectivity index (χ0v) is 11.1. The summed E-state index contributed by atoms with van der Waals surface area (Å²) in [6.45, 7) is 0. The standard InChI is InChI=1S/C14H16FNO4/c1-20-9-4-5-10(11(15)6-9)14(19)16-12(7-13(17)18)8-2-3-8/h4-6,8,12H,2-3,7H2,1H3,(H,16,19)(H,17,18). The lowest BCUT2D eigenvalue weighted by molar-refractivity contribution is -0.137. The number of amides is 1. The van der Waals surface area contributed by atoms with Gasteiger partial charge in [-0.3, -0.25) is 9.59 Å². The predicted molar refractivity (Wildman–Crippen MR) is 69.2 cm³/mol. The molecule has 1 amide bonds. The Bertz CT molecular complexity index is 528. The van der Waals surface area contributed by atoms with Crippen molar-refractivity contribution < 1.29 is 23.8 Å². The molecule has 1 aliphatic rings. The Balaban J connectivity index is 2.08. The summed E-state index contributed by atoms with van der Waals surface area (Å²) in [4.78, 5) is 22.8. The van der Waals surface area contributed by atoms with E-state index in [0.29, 0.717) is 5.75 Å². The van der Waals surface area contributed by atoms with Crippen molar-refractivity contribution in [3.8, 4) is 5.75 Å². The van der Waals surface area contributed by atoms with Crippen LogP contribution in [0, 0.1) is 11.7 Å². The number of rotatable bonds is 6. The van der Waals surface area contributed by atoms with E-state index in [1.807, 2.05) is 0 Å². The Kier molecular flexibility index (Phi) is 4.22. The zero-order valence-electron chi connectivity index (χ0n) is 11.1. The maximum atomic E-state index is 13.8. The summed E-state index contributed by atoms with van der Waals surface area (Å²) in [5.74, 6) is -1.76. The van der Waals surface area contributed by atoms with Crippen molar-refractivity contribution in [3.05, 3.63) is 29.6 Å². The van der Waals surface area contributed by atoms with Gasteiger partial charge in [0.05, 0.1) is 19.1 Å². The van der Waals surface area contributed by atoms with Gasteiger partial charge in [-0.05, 0) is 30.9 Å². The van der Waals surface area contributed by atoms with Crippen LogP contribution < -0.4 is 10.1 Å². The maximum absolute atomic E-state index is 13.8. The van der Waals surface area contributed by atoms with Crippen molar-refractivity contribution in [2.45, 2.75) is 25.3 Å². The summed E-state index contributed by atoms with van der Waals surface area (Å²) in [5, 5.41) is 11.4. The van der Waals surface area contributed by atoms with Crippen LogP contribution in [-0.4, -0.2) is 30.1 Å². The van der Waals surface area contributed by atoms with Crippen molar-refractivity contribution in [2.75, 3.05) is 7.11 Å². The van der Waals surface area contributed by atoms with Gasteiger partial charge in [0.25, 0.3) is 5.91 Å². The molecule has 0 radical (unpaired) electrons. The highest BCUT2D eigenvalue weighted by Crippen LogP contribution is 2.34. The van der Waals surface area contributed by atoms with Crippen LogP contribution in [0.25, 0.3) is 0 Å². The van der Waals surface area contributed by atoms with E-state index in [4.69, 9.17) is 9.84 Å². The second-order valence-electron chi connectivity index (χ2n) is 4.86. The van der Waals surface area contributed by atoms with Gasteiger partial charge in [0.2, 0.25) is 0 Å². The molecule has 0 spiro atoms. The summed E-state index contributed by atoms with van der Waals surface area (Å²) in [6, 6.07) is 3.50. The number of ether oxygens (including phenoxy) is 1. The van der Waals surface area contributed by atoms with Crippen molar-refractivity contribution in [1.82, 2.24) is 5.32 Å². The number of carboxylic acid groups (broad SMARTS) is 1. The zero-order chi connectivity index (χ0) is 14.7. The normalized spacial score (nSPS) is 15.5. The molecule has 2 N–H and O–H groups in total. The summed E-state index contributed by atoms with van der Waals surface area (Å²) in [7, 11) is 1.41. The summed E-state index contributed by atoms with van der Waals surface area (Å²) < 4.78 is 18.6. The fourth-order valence-corrected chi connectivity index (χ4v) is 2.08. The molecule has 0 heterocycles. The first-order valence-electron chi connectivity index (χ1n) is 6.37. The number of hydrogen-bond acceptors (Lipinski definition) is 3. The SMILES string of the molecule is COc1ccc(C(=O)NC(CC(=O)O)C2CC2)c(F)c1. The van der Waals surface area contributed by atoms with Crippen molar-refractivity contribution in [2.24, 2.45) is 5.92 Å². The first kappa shape index (κ1) is 14.3. The lowest BCUT2D eigenvalue weighted by Gasteiger charge is -2.16. The van der Waals surface area contributed by atoms with Gasteiger partial charge in [-0.2, -0.15) is 0 Å². The van der Waals surface area contributed by atoms with Gasteiger partial charge in [0, 0.05) is 12.1 Å². The number of carboxylic acids is 1. The number of hydrogen-bond donors (Lipinski definition) is 2. The predicted octanol–water partition coefficient (Wildman–Crippen LogP) is 1.82. The summed E-state index contributed by atoms with van der Waals surface area (Å²) in [5.41, 5.74) is -0.109. The minimum atomic E-state index is -0.975. The van der Waals surface area contributed by atoms with Gasteiger partial charge in [0.15, 0.2) is 0 Å². The van der Waals surface area contributed by atoms with E-state index in [0.717, 1.165) is 18.9 Å². The highest BCUT2D eigenvalue weighted by atomic mass is 19.1. The van der Waals surface area contributed by atoms with Gasteiger partial charge in [-0.25, -0.2) is 4.39 Å². The number of nitrogens with one attached hydrogen (secondary N) is 1. The quantitative estimate of drug-likeness (QED) is 0.834. The molecule has 1 aliphatic carbocycles. The molecule has 20 heavy (non-hydrogen) atoms. The van der Waals surface area contributed by atoms with Crippen LogP contribution in [0.4, 0.5) is 4.39 Å². The molecule has 1 aromatic carbocycles. The average Bonchev–Trinajstić information content (AvgIpc) is 3.21. The number of benzene rings is 1.